The fourth-order valence-electron chi connectivity index (χ4n) is 2.35. The molecule has 4 N–H and O–H groups in total. The van der Waals surface area contributed by atoms with Gasteiger partial charge in [-0.2, -0.15) is 0 Å². The van der Waals surface area contributed by atoms with Crippen LogP contribution in [0.15, 0.2) is 0 Å². The molecule has 1 saturated carbocycles. The van der Waals surface area contributed by atoms with Crippen LogP contribution in [0, 0.1) is 17.8 Å². The van der Waals surface area contributed by atoms with E-state index in [-0.39, 0.29) is 17.7 Å². The summed E-state index contributed by atoms with van der Waals surface area (Å²) in [7, 11) is 0. The maximum absolute atomic E-state index is 12.2. The van der Waals surface area contributed by atoms with Crippen molar-refractivity contribution >= 4 is 17.8 Å². The van der Waals surface area contributed by atoms with Crippen LogP contribution in [0.5, 0.6) is 0 Å². The third kappa shape index (κ3) is 6.99. The molecular formula is C16H28N2O5. The van der Waals surface area contributed by atoms with Crippen molar-refractivity contribution in [1.29, 1.82) is 0 Å². The van der Waals surface area contributed by atoms with Gasteiger partial charge >= 0.3 is 5.97 Å². The lowest BCUT2D eigenvalue weighted by atomic mass is 10.0. The Morgan fingerprint density at radius 3 is 2.26 bits per heavy atom. The monoisotopic (exact) mass is 328 g/mol. The Kier molecular flexibility index (Phi) is 6.56. The van der Waals surface area contributed by atoms with Crippen LogP contribution in [0.1, 0.15) is 47.0 Å². The van der Waals surface area contributed by atoms with E-state index in [0.29, 0.717) is 25.8 Å². The predicted octanol–water partition coefficient (Wildman–Crippen LogP) is 0.515. The van der Waals surface area contributed by atoms with Gasteiger partial charge in [0.1, 0.15) is 6.04 Å². The Balaban J connectivity index is 2.53. The summed E-state index contributed by atoms with van der Waals surface area (Å²) in [4.78, 5) is 35.1. The van der Waals surface area contributed by atoms with Crippen molar-refractivity contribution in [3.05, 3.63) is 0 Å². The van der Waals surface area contributed by atoms with E-state index in [1.807, 2.05) is 13.8 Å². The van der Waals surface area contributed by atoms with Gasteiger partial charge in [-0.3, -0.25) is 14.4 Å². The van der Waals surface area contributed by atoms with E-state index in [0.717, 1.165) is 0 Å². The lowest BCUT2D eigenvalue weighted by molar-refractivity contribution is -0.140. The maximum atomic E-state index is 12.2. The van der Waals surface area contributed by atoms with E-state index in [2.05, 4.69) is 10.6 Å². The molecule has 7 nitrogen and oxygen atoms in total. The van der Waals surface area contributed by atoms with E-state index >= 15 is 0 Å². The van der Waals surface area contributed by atoms with Crippen molar-refractivity contribution in [3.63, 3.8) is 0 Å². The standard InChI is InChI=1S/C16H28N2O5/c1-9(2)7-12(14(20)17-6-5-16(3,4)23)18-13(19)10-8-11(10)15(21)22/h9-12,23H,5-8H2,1-4H3,(H,17,20)(H,18,19)(H,21,22)/t10-,11-,12-/m0/s1. The zero-order valence-electron chi connectivity index (χ0n) is 14.3. The van der Waals surface area contributed by atoms with Crippen molar-refractivity contribution in [2.75, 3.05) is 6.54 Å². The minimum absolute atomic E-state index is 0.204. The number of amides is 2. The zero-order valence-corrected chi connectivity index (χ0v) is 14.3. The van der Waals surface area contributed by atoms with E-state index in [1.165, 1.54) is 0 Å². The Hall–Kier alpha value is -1.63. The summed E-state index contributed by atoms with van der Waals surface area (Å²) < 4.78 is 0. The van der Waals surface area contributed by atoms with E-state index in [9.17, 15) is 19.5 Å². The van der Waals surface area contributed by atoms with Crippen LogP contribution in [0.3, 0.4) is 0 Å². The van der Waals surface area contributed by atoms with Crippen LogP contribution in [0.4, 0.5) is 0 Å². The molecule has 0 bridgehead atoms. The van der Waals surface area contributed by atoms with Gasteiger partial charge in [-0.1, -0.05) is 13.8 Å². The summed E-state index contributed by atoms with van der Waals surface area (Å²) >= 11 is 0. The average molecular weight is 328 g/mol. The number of nitrogens with one attached hydrogen (secondary N) is 2. The van der Waals surface area contributed by atoms with Gasteiger partial charge in [0.15, 0.2) is 0 Å². The Bertz CT molecular complexity index is 456. The first kappa shape index (κ1) is 19.4. The second-order valence-electron chi connectivity index (χ2n) is 7.33. The highest BCUT2D eigenvalue weighted by Gasteiger charge is 2.48. The number of aliphatic hydroxyl groups is 1. The highest BCUT2D eigenvalue weighted by Crippen LogP contribution is 2.38. The summed E-state index contributed by atoms with van der Waals surface area (Å²) in [6.07, 6.45) is 1.21. The van der Waals surface area contributed by atoms with Gasteiger partial charge in [-0.05, 0) is 39.0 Å². The second-order valence-corrected chi connectivity index (χ2v) is 7.33. The van der Waals surface area contributed by atoms with Gasteiger partial charge in [0.05, 0.1) is 17.4 Å². The highest BCUT2D eigenvalue weighted by molar-refractivity contribution is 5.93. The molecule has 0 spiro atoms. The molecule has 0 aliphatic heterocycles. The molecule has 1 aliphatic carbocycles. The fraction of sp³-hybridized carbons (Fsp3) is 0.812. The molecule has 7 heteroatoms. The summed E-state index contributed by atoms with van der Waals surface area (Å²) in [6.45, 7) is 7.52. The molecule has 0 radical (unpaired) electrons. The molecule has 2 amide bonds. The Labute approximate surface area is 136 Å². The molecule has 0 saturated heterocycles. The normalized spacial score (nSPS) is 21.7. The summed E-state index contributed by atoms with van der Waals surface area (Å²) in [5, 5.41) is 23.9. The largest absolute Gasteiger partial charge is 0.481 e. The van der Waals surface area contributed by atoms with Gasteiger partial charge in [0, 0.05) is 6.54 Å². The van der Waals surface area contributed by atoms with Crippen molar-refractivity contribution < 1.29 is 24.6 Å². The summed E-state index contributed by atoms with van der Waals surface area (Å²) in [5.41, 5.74) is -0.868. The van der Waals surface area contributed by atoms with Gasteiger partial charge in [-0.25, -0.2) is 0 Å². The van der Waals surface area contributed by atoms with Crippen LogP contribution in [-0.4, -0.2) is 46.2 Å². The number of hydrogen-bond donors (Lipinski definition) is 4. The molecule has 0 aromatic carbocycles. The number of carbonyl (C=O) groups excluding carboxylic acids is 2. The number of aliphatic carboxylic acids is 1. The molecule has 1 fully saturated rings. The topological polar surface area (TPSA) is 116 Å². The first-order chi connectivity index (χ1) is 10.5. The maximum Gasteiger partial charge on any atom is 0.307 e. The first-order valence-electron chi connectivity index (χ1n) is 8.04. The average Bonchev–Trinajstić information content (AvgIpc) is 3.15. The van der Waals surface area contributed by atoms with E-state index in [4.69, 9.17) is 5.11 Å². The molecule has 23 heavy (non-hydrogen) atoms. The molecule has 1 rings (SSSR count). The van der Waals surface area contributed by atoms with Gasteiger partial charge in [0.25, 0.3) is 0 Å². The molecule has 0 heterocycles. The first-order valence-corrected chi connectivity index (χ1v) is 8.04. The summed E-state index contributed by atoms with van der Waals surface area (Å²) in [5.74, 6) is -2.61. The molecule has 3 atom stereocenters. The van der Waals surface area contributed by atoms with E-state index < -0.39 is 29.4 Å². The van der Waals surface area contributed by atoms with Crippen LogP contribution >= 0.6 is 0 Å². The predicted molar refractivity (Wildman–Crippen MR) is 84.5 cm³/mol. The SMILES string of the molecule is CC(C)C[C@H](NC(=O)[C@H]1C[C@@H]1C(=O)O)C(=O)NCCC(C)(C)O. The minimum Gasteiger partial charge on any atom is -0.481 e. The summed E-state index contributed by atoms with van der Waals surface area (Å²) in [6, 6.07) is -0.681. The molecule has 132 valence electrons. The van der Waals surface area contributed by atoms with Gasteiger partial charge < -0.3 is 20.8 Å². The van der Waals surface area contributed by atoms with Gasteiger partial charge in [-0.15, -0.1) is 0 Å². The molecule has 0 aromatic rings. The zero-order chi connectivity index (χ0) is 17.8. The van der Waals surface area contributed by atoms with Crippen LogP contribution in [0.2, 0.25) is 0 Å². The molecule has 0 unspecified atom stereocenters. The Morgan fingerprint density at radius 1 is 1.22 bits per heavy atom. The minimum atomic E-state index is -0.972. The number of carboxylic acids is 1. The Morgan fingerprint density at radius 2 is 1.83 bits per heavy atom. The van der Waals surface area contributed by atoms with Gasteiger partial charge in [0.2, 0.25) is 11.8 Å². The fourth-order valence-corrected chi connectivity index (χ4v) is 2.35. The van der Waals surface area contributed by atoms with Crippen molar-refractivity contribution in [1.82, 2.24) is 10.6 Å². The molecular weight excluding hydrogens is 300 g/mol. The number of hydrogen-bond acceptors (Lipinski definition) is 4. The molecule has 1 aliphatic rings. The third-order valence-corrected chi connectivity index (χ3v) is 3.82. The van der Waals surface area contributed by atoms with Crippen LogP contribution < -0.4 is 10.6 Å². The van der Waals surface area contributed by atoms with Crippen molar-refractivity contribution in [2.24, 2.45) is 17.8 Å². The lowest BCUT2D eigenvalue weighted by Gasteiger charge is -2.22. The smallest absolute Gasteiger partial charge is 0.307 e. The van der Waals surface area contributed by atoms with E-state index in [1.54, 1.807) is 13.8 Å². The highest BCUT2D eigenvalue weighted by atomic mass is 16.4. The number of carbonyl (C=O) groups is 3. The lowest BCUT2D eigenvalue weighted by Crippen LogP contribution is -2.48. The number of rotatable bonds is 9. The number of carboxylic acid groups (broad SMARTS) is 1. The van der Waals surface area contributed by atoms with Crippen molar-refractivity contribution in [3.8, 4) is 0 Å². The molecule has 0 aromatic heterocycles. The van der Waals surface area contributed by atoms with Crippen LogP contribution in [-0.2, 0) is 14.4 Å². The third-order valence-electron chi connectivity index (χ3n) is 3.82. The second kappa shape index (κ2) is 7.77. The van der Waals surface area contributed by atoms with Crippen molar-refractivity contribution in [2.45, 2.75) is 58.6 Å². The van der Waals surface area contributed by atoms with Crippen LogP contribution in [0.25, 0.3) is 0 Å². The quantitative estimate of drug-likeness (QED) is 0.492.